The lowest BCUT2D eigenvalue weighted by Crippen LogP contribution is -2.43. The molecule has 0 radical (unpaired) electrons. The fourth-order valence-electron chi connectivity index (χ4n) is 3.63. The van der Waals surface area contributed by atoms with Crippen molar-refractivity contribution in [2.24, 2.45) is 5.92 Å². The van der Waals surface area contributed by atoms with Crippen molar-refractivity contribution in [3.8, 4) is 0 Å². The van der Waals surface area contributed by atoms with E-state index in [1.807, 2.05) is 0 Å². The van der Waals surface area contributed by atoms with E-state index in [1.165, 1.54) is 38.5 Å². The third kappa shape index (κ3) is 5.30. The Labute approximate surface area is 127 Å². The maximum Gasteiger partial charge on any atom is 0.320 e. The maximum absolute atomic E-state index is 11.9. The number of carboxylic acids is 1. The zero-order valence-corrected chi connectivity index (χ0v) is 12.9. The van der Waals surface area contributed by atoms with Crippen molar-refractivity contribution < 1.29 is 14.7 Å². The van der Waals surface area contributed by atoms with Gasteiger partial charge in [0.1, 0.15) is 6.04 Å². The van der Waals surface area contributed by atoms with Crippen molar-refractivity contribution in [3.63, 3.8) is 0 Å². The number of likely N-dealkylation sites (tertiary alicyclic amines) is 1. The van der Waals surface area contributed by atoms with E-state index in [-0.39, 0.29) is 12.5 Å². The number of carbonyl (C=O) groups is 2. The molecule has 21 heavy (non-hydrogen) atoms. The standard InChI is InChI=1S/C16H28N2O3/c19-15(12-18-11-5-9-14(18)16(20)21)17-10-4-8-13-6-2-1-3-7-13/h13-14H,1-12H2,(H,17,19)(H,20,21)/t14-/m1/s1. The van der Waals surface area contributed by atoms with Crippen LogP contribution < -0.4 is 5.32 Å². The first-order valence-corrected chi connectivity index (χ1v) is 8.40. The molecule has 1 saturated carbocycles. The summed E-state index contributed by atoms with van der Waals surface area (Å²) in [6.45, 7) is 1.66. The number of hydrogen-bond acceptors (Lipinski definition) is 3. The number of carboxylic acid groups (broad SMARTS) is 1. The van der Waals surface area contributed by atoms with Crippen LogP contribution in [0, 0.1) is 5.92 Å². The van der Waals surface area contributed by atoms with Gasteiger partial charge in [0, 0.05) is 6.54 Å². The van der Waals surface area contributed by atoms with Crippen LogP contribution in [0.1, 0.15) is 57.8 Å². The Morgan fingerprint density at radius 2 is 1.86 bits per heavy atom. The number of nitrogens with zero attached hydrogens (tertiary/aromatic N) is 1. The molecular formula is C16H28N2O3. The highest BCUT2D eigenvalue weighted by molar-refractivity contribution is 5.80. The monoisotopic (exact) mass is 296 g/mol. The zero-order chi connectivity index (χ0) is 15.1. The number of amides is 1. The fraction of sp³-hybridized carbons (Fsp3) is 0.875. The summed E-state index contributed by atoms with van der Waals surface area (Å²) in [5, 5.41) is 12.0. The molecule has 2 fully saturated rings. The van der Waals surface area contributed by atoms with Crippen LogP contribution in [-0.4, -0.2) is 47.6 Å². The van der Waals surface area contributed by atoms with Gasteiger partial charge in [-0.05, 0) is 38.1 Å². The molecule has 120 valence electrons. The summed E-state index contributed by atoms with van der Waals surface area (Å²) in [5.41, 5.74) is 0. The molecule has 2 aliphatic rings. The van der Waals surface area contributed by atoms with Gasteiger partial charge in [-0.15, -0.1) is 0 Å². The van der Waals surface area contributed by atoms with E-state index >= 15 is 0 Å². The minimum absolute atomic E-state index is 0.0354. The molecule has 0 aromatic heterocycles. The predicted molar refractivity (Wildman–Crippen MR) is 81.0 cm³/mol. The summed E-state index contributed by atoms with van der Waals surface area (Å²) in [6.07, 6.45) is 10.6. The summed E-state index contributed by atoms with van der Waals surface area (Å²) >= 11 is 0. The van der Waals surface area contributed by atoms with Gasteiger partial charge in [0.2, 0.25) is 5.91 Å². The van der Waals surface area contributed by atoms with Crippen molar-refractivity contribution in [1.29, 1.82) is 0 Å². The number of carbonyl (C=O) groups excluding carboxylic acids is 1. The first kappa shape index (κ1) is 16.3. The van der Waals surface area contributed by atoms with Crippen LogP contribution in [0.15, 0.2) is 0 Å². The molecule has 0 unspecified atom stereocenters. The van der Waals surface area contributed by atoms with Gasteiger partial charge in [-0.2, -0.15) is 0 Å². The Balaban J connectivity index is 1.58. The van der Waals surface area contributed by atoms with E-state index in [2.05, 4.69) is 5.32 Å². The Kier molecular flexibility index (Phi) is 6.49. The minimum Gasteiger partial charge on any atom is -0.480 e. The Morgan fingerprint density at radius 3 is 2.57 bits per heavy atom. The second kappa shape index (κ2) is 8.37. The van der Waals surface area contributed by atoms with Crippen molar-refractivity contribution in [2.45, 2.75) is 63.8 Å². The third-order valence-electron chi connectivity index (χ3n) is 4.83. The van der Waals surface area contributed by atoms with Crippen molar-refractivity contribution in [1.82, 2.24) is 10.2 Å². The molecule has 1 aliphatic carbocycles. The molecule has 0 spiro atoms. The van der Waals surface area contributed by atoms with Crippen LogP contribution in [0.25, 0.3) is 0 Å². The smallest absolute Gasteiger partial charge is 0.320 e. The first-order valence-electron chi connectivity index (χ1n) is 8.40. The van der Waals surface area contributed by atoms with Crippen molar-refractivity contribution in [2.75, 3.05) is 19.6 Å². The van der Waals surface area contributed by atoms with Gasteiger partial charge in [0.05, 0.1) is 6.54 Å². The molecule has 1 saturated heterocycles. The highest BCUT2D eigenvalue weighted by Crippen LogP contribution is 2.26. The van der Waals surface area contributed by atoms with E-state index in [0.717, 1.165) is 25.3 Å². The van der Waals surface area contributed by atoms with Gasteiger partial charge in [0.15, 0.2) is 0 Å². The summed E-state index contributed by atoms with van der Waals surface area (Å²) < 4.78 is 0. The van der Waals surface area contributed by atoms with Gasteiger partial charge >= 0.3 is 5.97 Å². The van der Waals surface area contributed by atoms with E-state index in [1.54, 1.807) is 4.90 Å². The number of nitrogens with one attached hydrogen (secondary N) is 1. The SMILES string of the molecule is O=C(CN1CCC[C@@H]1C(=O)O)NCCCC1CCCCC1. The molecule has 5 nitrogen and oxygen atoms in total. The summed E-state index contributed by atoms with van der Waals surface area (Å²) in [6, 6.07) is -0.474. The molecule has 0 bridgehead atoms. The van der Waals surface area contributed by atoms with Crippen LogP contribution in [0.2, 0.25) is 0 Å². The summed E-state index contributed by atoms with van der Waals surface area (Å²) in [4.78, 5) is 24.7. The lowest BCUT2D eigenvalue weighted by atomic mass is 9.86. The van der Waals surface area contributed by atoms with E-state index in [9.17, 15) is 9.59 Å². The topological polar surface area (TPSA) is 69.6 Å². The minimum atomic E-state index is -0.808. The molecule has 1 heterocycles. The Bertz CT molecular complexity index is 353. The average Bonchev–Trinajstić information content (AvgIpc) is 2.93. The average molecular weight is 296 g/mol. The molecule has 1 aliphatic heterocycles. The van der Waals surface area contributed by atoms with Crippen molar-refractivity contribution in [3.05, 3.63) is 0 Å². The van der Waals surface area contributed by atoms with Gasteiger partial charge in [0.25, 0.3) is 0 Å². The first-order chi connectivity index (χ1) is 10.2. The van der Waals surface area contributed by atoms with Crippen LogP contribution in [0.5, 0.6) is 0 Å². The molecule has 2 rings (SSSR count). The highest BCUT2D eigenvalue weighted by Gasteiger charge is 2.31. The van der Waals surface area contributed by atoms with Crippen LogP contribution in [0.4, 0.5) is 0 Å². The molecule has 1 amide bonds. The highest BCUT2D eigenvalue weighted by atomic mass is 16.4. The fourth-order valence-corrected chi connectivity index (χ4v) is 3.63. The van der Waals surface area contributed by atoms with E-state index < -0.39 is 12.0 Å². The number of hydrogen-bond donors (Lipinski definition) is 2. The Morgan fingerprint density at radius 1 is 1.10 bits per heavy atom. The third-order valence-corrected chi connectivity index (χ3v) is 4.83. The largest absolute Gasteiger partial charge is 0.480 e. The van der Waals surface area contributed by atoms with E-state index in [0.29, 0.717) is 13.0 Å². The normalized spacial score (nSPS) is 24.1. The number of rotatable bonds is 7. The summed E-state index contributed by atoms with van der Waals surface area (Å²) in [5.74, 6) is 0.00928. The van der Waals surface area contributed by atoms with Crippen LogP contribution in [-0.2, 0) is 9.59 Å². The van der Waals surface area contributed by atoms with E-state index in [4.69, 9.17) is 5.11 Å². The lowest BCUT2D eigenvalue weighted by molar-refractivity contribution is -0.142. The second-order valence-electron chi connectivity index (χ2n) is 6.46. The van der Waals surface area contributed by atoms with Crippen molar-refractivity contribution >= 4 is 11.9 Å². The second-order valence-corrected chi connectivity index (χ2v) is 6.46. The predicted octanol–water partition coefficient (Wildman–Crippen LogP) is 2.01. The molecular weight excluding hydrogens is 268 g/mol. The molecule has 5 heteroatoms. The van der Waals surface area contributed by atoms with Crippen LogP contribution >= 0.6 is 0 Å². The molecule has 1 atom stereocenters. The van der Waals surface area contributed by atoms with Crippen LogP contribution in [0.3, 0.4) is 0 Å². The molecule has 2 N–H and O–H groups in total. The summed E-state index contributed by atoms with van der Waals surface area (Å²) in [7, 11) is 0. The van der Waals surface area contributed by atoms with Gasteiger partial charge < -0.3 is 10.4 Å². The molecule has 0 aromatic carbocycles. The zero-order valence-electron chi connectivity index (χ0n) is 12.9. The van der Waals surface area contributed by atoms with Gasteiger partial charge in [-0.3, -0.25) is 14.5 Å². The quantitative estimate of drug-likeness (QED) is 0.705. The molecule has 0 aromatic rings. The Hall–Kier alpha value is -1.10. The number of aliphatic carboxylic acids is 1. The maximum atomic E-state index is 11.9. The lowest BCUT2D eigenvalue weighted by Gasteiger charge is -2.22. The van der Waals surface area contributed by atoms with Gasteiger partial charge in [-0.1, -0.05) is 32.1 Å². The van der Waals surface area contributed by atoms with Gasteiger partial charge in [-0.25, -0.2) is 0 Å².